The molecule has 0 aromatic heterocycles. The maximum Gasteiger partial charge on any atom is 0.122 e. The lowest BCUT2D eigenvalue weighted by Crippen LogP contribution is -1.58. The molecule has 0 aliphatic rings. The first-order chi connectivity index (χ1) is 3.81. The summed E-state index contributed by atoms with van der Waals surface area (Å²) in [7, 11) is 0. The summed E-state index contributed by atoms with van der Waals surface area (Å²) in [5.41, 5.74) is 0. The number of rotatable bonds is 2. The second-order valence-electron chi connectivity index (χ2n) is 1.29. The predicted octanol–water partition coefficient (Wildman–Crippen LogP) is 2.60. The second-order valence-corrected chi connectivity index (χ2v) is 1.29. The van der Waals surface area contributed by atoms with Gasteiger partial charge in [0.05, 0.1) is 0 Å². The number of halogens is 1. The fraction of sp³-hybridized carbons (Fsp3) is 0.143. The first-order valence-electron chi connectivity index (χ1n) is 2.42. The highest BCUT2D eigenvalue weighted by Crippen LogP contribution is 1.96. The molecule has 0 bridgehead atoms. The van der Waals surface area contributed by atoms with E-state index in [0.29, 0.717) is 0 Å². The zero-order valence-electron chi connectivity index (χ0n) is 4.89. The molecule has 0 saturated heterocycles. The van der Waals surface area contributed by atoms with Crippen molar-refractivity contribution >= 4 is 0 Å². The van der Waals surface area contributed by atoms with Gasteiger partial charge in [0.15, 0.2) is 0 Å². The van der Waals surface area contributed by atoms with Gasteiger partial charge in [-0.25, -0.2) is 4.39 Å². The summed E-state index contributed by atoms with van der Waals surface area (Å²) in [6.45, 7) is 5.09. The predicted molar refractivity (Wildman–Crippen MR) is 34.2 cm³/mol. The van der Waals surface area contributed by atoms with Crippen LogP contribution in [0, 0.1) is 0 Å². The van der Waals surface area contributed by atoms with Crippen LogP contribution >= 0.6 is 0 Å². The summed E-state index contributed by atoms with van der Waals surface area (Å²) in [5, 5.41) is 0. The Morgan fingerprint density at radius 3 is 2.62 bits per heavy atom. The monoisotopic (exact) mass is 112 g/mol. The van der Waals surface area contributed by atoms with Crippen LogP contribution < -0.4 is 0 Å². The average molecular weight is 112 g/mol. The van der Waals surface area contributed by atoms with E-state index in [0.717, 1.165) is 0 Å². The van der Waals surface area contributed by atoms with Gasteiger partial charge in [-0.1, -0.05) is 18.7 Å². The molecule has 8 heavy (non-hydrogen) atoms. The Hall–Kier alpha value is -0.850. The molecule has 0 saturated carbocycles. The van der Waals surface area contributed by atoms with Gasteiger partial charge in [-0.3, -0.25) is 0 Å². The molecule has 0 unspecified atom stereocenters. The van der Waals surface area contributed by atoms with Crippen molar-refractivity contribution in [1.82, 2.24) is 0 Å². The molecule has 0 spiro atoms. The molecular weight excluding hydrogens is 103 g/mol. The van der Waals surface area contributed by atoms with Crippen LogP contribution in [-0.2, 0) is 0 Å². The minimum atomic E-state index is -0.262. The molecule has 0 N–H and O–H groups in total. The lowest BCUT2D eigenvalue weighted by molar-refractivity contribution is 0.667. The minimum absolute atomic E-state index is 0.262. The third kappa shape index (κ3) is 3.34. The summed E-state index contributed by atoms with van der Waals surface area (Å²) in [4.78, 5) is 0. The molecule has 0 aromatic rings. The van der Waals surface area contributed by atoms with Gasteiger partial charge < -0.3 is 0 Å². The van der Waals surface area contributed by atoms with Crippen molar-refractivity contribution in [1.29, 1.82) is 0 Å². The lowest BCUT2D eigenvalue weighted by atomic mass is 10.4. The van der Waals surface area contributed by atoms with Crippen LogP contribution in [0.15, 0.2) is 36.7 Å². The molecule has 1 heteroatoms. The van der Waals surface area contributed by atoms with E-state index in [-0.39, 0.29) is 5.83 Å². The van der Waals surface area contributed by atoms with E-state index in [9.17, 15) is 4.39 Å². The Kier molecular flexibility index (Phi) is 3.85. The van der Waals surface area contributed by atoms with Crippen molar-refractivity contribution in [3.05, 3.63) is 36.7 Å². The Bertz CT molecular complexity index is 120. The highest BCUT2D eigenvalue weighted by atomic mass is 19.1. The summed E-state index contributed by atoms with van der Waals surface area (Å²) in [6.07, 6.45) is 5.73. The summed E-state index contributed by atoms with van der Waals surface area (Å²) < 4.78 is 12.1. The van der Waals surface area contributed by atoms with Crippen LogP contribution in [0.2, 0.25) is 0 Å². The van der Waals surface area contributed by atoms with Crippen LogP contribution in [0.25, 0.3) is 0 Å². The Labute approximate surface area is 49.0 Å². The van der Waals surface area contributed by atoms with Gasteiger partial charge in [-0.05, 0) is 19.1 Å². The average Bonchev–Trinajstić information content (AvgIpc) is 1.68. The Balaban J connectivity index is 3.79. The molecule has 0 aliphatic heterocycles. The van der Waals surface area contributed by atoms with E-state index in [1.165, 1.54) is 18.2 Å². The van der Waals surface area contributed by atoms with Crippen LogP contribution in [0.4, 0.5) is 4.39 Å². The van der Waals surface area contributed by atoms with Crippen LogP contribution in [-0.4, -0.2) is 0 Å². The van der Waals surface area contributed by atoms with E-state index in [4.69, 9.17) is 0 Å². The van der Waals surface area contributed by atoms with Crippen molar-refractivity contribution in [3.63, 3.8) is 0 Å². The van der Waals surface area contributed by atoms with Gasteiger partial charge in [-0.15, -0.1) is 0 Å². The van der Waals surface area contributed by atoms with Gasteiger partial charge in [-0.2, -0.15) is 0 Å². The highest BCUT2D eigenvalue weighted by Gasteiger charge is 1.77. The van der Waals surface area contributed by atoms with Crippen molar-refractivity contribution in [2.45, 2.75) is 6.92 Å². The van der Waals surface area contributed by atoms with Gasteiger partial charge in [0.2, 0.25) is 0 Å². The van der Waals surface area contributed by atoms with E-state index < -0.39 is 0 Å². The topological polar surface area (TPSA) is 0 Å². The molecule has 0 rings (SSSR count). The fourth-order valence-electron chi connectivity index (χ4n) is 0.327. The molecule has 0 nitrogen and oxygen atoms in total. The molecule has 44 valence electrons. The molecular formula is C7H9F. The second kappa shape index (κ2) is 4.31. The first kappa shape index (κ1) is 7.15. The smallest absolute Gasteiger partial charge is 0.122 e. The number of allylic oxidation sites excluding steroid dienone is 5. The van der Waals surface area contributed by atoms with Crippen molar-refractivity contribution in [3.8, 4) is 0 Å². The SMILES string of the molecule is C=C/C=C(/F)C=CC. The number of hydrogen-bond donors (Lipinski definition) is 0. The van der Waals surface area contributed by atoms with E-state index in [1.54, 1.807) is 13.0 Å². The molecule has 0 atom stereocenters. The molecule has 0 amide bonds. The van der Waals surface area contributed by atoms with Crippen molar-refractivity contribution in [2.75, 3.05) is 0 Å². The van der Waals surface area contributed by atoms with Gasteiger partial charge in [0.25, 0.3) is 0 Å². The standard InChI is InChI=1S/C7H9F/c1-3-5-7(8)6-4-2/h3-6H,1H2,2H3/b6-4?,7-5+. The lowest BCUT2D eigenvalue weighted by Gasteiger charge is -1.77. The summed E-state index contributed by atoms with van der Waals surface area (Å²) in [6, 6.07) is 0. The van der Waals surface area contributed by atoms with Gasteiger partial charge >= 0.3 is 0 Å². The fourth-order valence-corrected chi connectivity index (χ4v) is 0.327. The van der Waals surface area contributed by atoms with E-state index in [1.807, 2.05) is 0 Å². The molecule has 0 heterocycles. The quantitative estimate of drug-likeness (QED) is 0.481. The van der Waals surface area contributed by atoms with Crippen molar-refractivity contribution < 1.29 is 4.39 Å². The first-order valence-corrected chi connectivity index (χ1v) is 2.42. The van der Waals surface area contributed by atoms with Crippen LogP contribution in [0.3, 0.4) is 0 Å². The minimum Gasteiger partial charge on any atom is -0.207 e. The molecule has 0 aliphatic carbocycles. The molecule has 0 fully saturated rings. The molecule has 0 aromatic carbocycles. The van der Waals surface area contributed by atoms with Crippen molar-refractivity contribution in [2.24, 2.45) is 0 Å². The maximum atomic E-state index is 12.1. The van der Waals surface area contributed by atoms with Gasteiger partial charge in [0, 0.05) is 0 Å². The van der Waals surface area contributed by atoms with E-state index >= 15 is 0 Å². The Morgan fingerprint density at radius 1 is 1.62 bits per heavy atom. The summed E-state index contributed by atoms with van der Waals surface area (Å²) >= 11 is 0. The third-order valence-corrected chi connectivity index (χ3v) is 0.603. The number of hydrogen-bond acceptors (Lipinski definition) is 0. The van der Waals surface area contributed by atoms with Crippen LogP contribution in [0.5, 0.6) is 0 Å². The zero-order chi connectivity index (χ0) is 6.41. The van der Waals surface area contributed by atoms with E-state index in [2.05, 4.69) is 6.58 Å². The Morgan fingerprint density at radius 2 is 2.25 bits per heavy atom. The maximum absolute atomic E-state index is 12.1. The van der Waals surface area contributed by atoms with Gasteiger partial charge in [0.1, 0.15) is 5.83 Å². The third-order valence-electron chi connectivity index (χ3n) is 0.603. The zero-order valence-corrected chi connectivity index (χ0v) is 4.89. The largest absolute Gasteiger partial charge is 0.207 e. The summed E-state index contributed by atoms with van der Waals surface area (Å²) in [5.74, 6) is -0.262. The normalized spacial score (nSPS) is 12.5. The highest BCUT2D eigenvalue weighted by molar-refractivity contribution is 5.15. The molecule has 0 radical (unpaired) electrons. The van der Waals surface area contributed by atoms with Crippen LogP contribution in [0.1, 0.15) is 6.92 Å².